The van der Waals surface area contributed by atoms with Crippen molar-refractivity contribution in [3.63, 3.8) is 0 Å². The summed E-state index contributed by atoms with van der Waals surface area (Å²) in [4.78, 5) is 26.0. The Hall–Kier alpha value is -2.66. The van der Waals surface area contributed by atoms with Gasteiger partial charge in [0.1, 0.15) is 0 Å². The Kier molecular flexibility index (Phi) is 8.40. The number of hydrogen-bond acceptors (Lipinski definition) is 3. The molecule has 0 bridgehead atoms. The molecule has 0 aliphatic heterocycles. The van der Waals surface area contributed by atoms with E-state index in [0.29, 0.717) is 25.2 Å². The van der Waals surface area contributed by atoms with Gasteiger partial charge in [-0.3, -0.25) is 14.5 Å². The number of carbonyl (C=O) groups excluding carboxylic acids is 2. The van der Waals surface area contributed by atoms with Gasteiger partial charge in [0.25, 0.3) is 5.91 Å². The summed E-state index contributed by atoms with van der Waals surface area (Å²) in [5.74, 6) is -0.0797. The van der Waals surface area contributed by atoms with Gasteiger partial charge in [0.15, 0.2) is 0 Å². The molecule has 2 aromatic carbocycles. The molecule has 0 atom stereocenters. The molecule has 0 unspecified atom stereocenters. The molecule has 2 N–H and O–H groups in total. The second kappa shape index (κ2) is 10.6. The molecule has 168 valence electrons. The maximum Gasteiger partial charge on any atom is 0.251 e. The molecule has 0 aromatic heterocycles. The van der Waals surface area contributed by atoms with Gasteiger partial charge in [-0.2, -0.15) is 0 Å². The molecule has 0 saturated carbocycles. The van der Waals surface area contributed by atoms with E-state index in [4.69, 9.17) is 0 Å². The second-order valence-corrected chi connectivity index (χ2v) is 9.39. The number of amides is 2. The number of benzene rings is 2. The van der Waals surface area contributed by atoms with Crippen molar-refractivity contribution in [2.45, 2.75) is 53.0 Å². The summed E-state index contributed by atoms with van der Waals surface area (Å²) in [6.45, 7) is 12.6. The Morgan fingerprint density at radius 2 is 1.58 bits per heavy atom. The first kappa shape index (κ1) is 24.6. The van der Waals surface area contributed by atoms with Gasteiger partial charge in [0, 0.05) is 25.7 Å². The molecule has 0 fully saturated rings. The van der Waals surface area contributed by atoms with Crippen LogP contribution < -0.4 is 10.6 Å². The molecule has 5 nitrogen and oxygen atoms in total. The first-order chi connectivity index (χ1) is 14.5. The highest BCUT2D eigenvalue weighted by atomic mass is 16.2. The Morgan fingerprint density at radius 3 is 2.10 bits per heavy atom. The average Bonchev–Trinajstić information content (AvgIpc) is 2.69. The number of nitrogens with zero attached hydrogens (tertiary/aromatic N) is 1. The van der Waals surface area contributed by atoms with Gasteiger partial charge in [-0.15, -0.1) is 0 Å². The Bertz CT molecular complexity index is 888. The van der Waals surface area contributed by atoms with Crippen LogP contribution in [-0.2, 0) is 23.2 Å². The van der Waals surface area contributed by atoms with Crippen LogP contribution >= 0.6 is 0 Å². The predicted octanol–water partition coefficient (Wildman–Crippen LogP) is 3.75. The number of carbonyl (C=O) groups is 2. The summed E-state index contributed by atoms with van der Waals surface area (Å²) in [6, 6.07) is 12.0. The van der Waals surface area contributed by atoms with E-state index >= 15 is 0 Å². The van der Waals surface area contributed by atoms with Crippen molar-refractivity contribution in [3.8, 4) is 0 Å². The number of nitrogens with one attached hydrogen (secondary N) is 2. The van der Waals surface area contributed by atoms with Crippen molar-refractivity contribution in [1.29, 1.82) is 0 Å². The smallest absolute Gasteiger partial charge is 0.251 e. The second-order valence-electron chi connectivity index (χ2n) is 9.39. The van der Waals surface area contributed by atoms with Crippen LogP contribution in [0.5, 0.6) is 0 Å². The molecule has 0 aliphatic carbocycles. The maximum atomic E-state index is 12.4. The molecule has 31 heavy (non-hydrogen) atoms. The van der Waals surface area contributed by atoms with Crippen LogP contribution in [0, 0.1) is 13.8 Å². The van der Waals surface area contributed by atoms with E-state index in [0.717, 1.165) is 12.0 Å². The minimum Gasteiger partial charge on any atom is -0.355 e. The summed E-state index contributed by atoms with van der Waals surface area (Å²) in [6.07, 6.45) is 0.832. The van der Waals surface area contributed by atoms with Crippen molar-refractivity contribution in [1.82, 2.24) is 15.5 Å². The number of hydrogen-bond donors (Lipinski definition) is 2. The number of likely N-dealkylation sites (N-methyl/N-ethyl adjacent to an activating group) is 1. The highest BCUT2D eigenvalue weighted by Gasteiger charge is 2.16. The normalized spacial score (nSPS) is 11.5. The van der Waals surface area contributed by atoms with Crippen molar-refractivity contribution < 1.29 is 9.59 Å². The van der Waals surface area contributed by atoms with Crippen LogP contribution in [0.15, 0.2) is 36.4 Å². The summed E-state index contributed by atoms with van der Waals surface area (Å²) < 4.78 is 0. The molecule has 2 rings (SSSR count). The largest absolute Gasteiger partial charge is 0.355 e. The monoisotopic (exact) mass is 423 g/mol. The highest BCUT2D eigenvalue weighted by molar-refractivity contribution is 5.93. The van der Waals surface area contributed by atoms with Gasteiger partial charge in [-0.1, -0.05) is 45.0 Å². The lowest BCUT2D eigenvalue weighted by Gasteiger charge is -2.22. The van der Waals surface area contributed by atoms with Gasteiger partial charge in [0.2, 0.25) is 5.91 Å². The molecular weight excluding hydrogens is 386 g/mol. The molecule has 0 saturated heterocycles. The molecule has 0 aliphatic rings. The third-order valence-electron chi connectivity index (χ3n) is 5.57. The van der Waals surface area contributed by atoms with E-state index in [9.17, 15) is 9.59 Å². The van der Waals surface area contributed by atoms with Crippen molar-refractivity contribution >= 4 is 11.8 Å². The van der Waals surface area contributed by atoms with Gasteiger partial charge in [0.05, 0.1) is 6.54 Å². The lowest BCUT2D eigenvalue weighted by Crippen LogP contribution is -2.36. The molecule has 2 amide bonds. The quantitative estimate of drug-likeness (QED) is 0.680. The van der Waals surface area contributed by atoms with E-state index in [1.165, 1.54) is 22.3 Å². The molecule has 5 heteroatoms. The zero-order valence-electron chi connectivity index (χ0n) is 20.1. The lowest BCUT2D eigenvalue weighted by molar-refractivity contribution is -0.122. The number of aryl methyl sites for hydroxylation is 2. The molecule has 2 aromatic rings. The minimum absolute atomic E-state index is 0.0195. The standard InChI is InChI=1S/C26H37N3O2/c1-18-14-22(26(3,4)5)15-19(2)23(18)12-13-28-24(30)17-29(7)16-20-8-10-21(11-9-20)25(31)27-6/h8-11,14-15H,12-13,16-17H2,1-7H3,(H,27,31)(H,28,30). The fraction of sp³-hybridized carbons (Fsp3) is 0.462. The van der Waals surface area contributed by atoms with E-state index in [1.807, 2.05) is 24.1 Å². The third-order valence-corrected chi connectivity index (χ3v) is 5.57. The molecule has 0 heterocycles. The first-order valence-electron chi connectivity index (χ1n) is 10.9. The number of rotatable bonds is 8. The van der Waals surface area contributed by atoms with Crippen LogP contribution in [0.25, 0.3) is 0 Å². The Balaban J connectivity index is 1.83. The highest BCUT2D eigenvalue weighted by Crippen LogP contribution is 2.27. The molecular formula is C26H37N3O2. The van der Waals surface area contributed by atoms with Crippen LogP contribution in [0.3, 0.4) is 0 Å². The zero-order chi connectivity index (χ0) is 23.2. The van der Waals surface area contributed by atoms with E-state index in [2.05, 4.69) is 57.4 Å². The van der Waals surface area contributed by atoms with Crippen molar-refractivity contribution in [3.05, 3.63) is 69.8 Å². The van der Waals surface area contributed by atoms with Crippen LogP contribution in [0.1, 0.15) is 58.9 Å². The van der Waals surface area contributed by atoms with Crippen molar-refractivity contribution in [2.24, 2.45) is 0 Å². The SMILES string of the molecule is CNC(=O)c1ccc(CN(C)CC(=O)NCCc2c(C)cc(C(C)(C)C)cc2C)cc1. The van der Waals surface area contributed by atoms with E-state index < -0.39 is 0 Å². The zero-order valence-corrected chi connectivity index (χ0v) is 20.1. The molecule has 0 spiro atoms. The van der Waals surface area contributed by atoms with Crippen LogP contribution in [0.4, 0.5) is 0 Å². The Morgan fingerprint density at radius 1 is 1.00 bits per heavy atom. The van der Waals surface area contributed by atoms with Crippen LogP contribution in [0.2, 0.25) is 0 Å². The van der Waals surface area contributed by atoms with Gasteiger partial charge in [-0.25, -0.2) is 0 Å². The van der Waals surface area contributed by atoms with Crippen molar-refractivity contribution in [2.75, 3.05) is 27.2 Å². The van der Waals surface area contributed by atoms with Gasteiger partial charge >= 0.3 is 0 Å². The lowest BCUT2D eigenvalue weighted by atomic mass is 9.83. The Labute approximate surface area is 187 Å². The fourth-order valence-corrected chi connectivity index (χ4v) is 3.72. The summed E-state index contributed by atoms with van der Waals surface area (Å²) in [7, 11) is 3.54. The summed E-state index contributed by atoms with van der Waals surface area (Å²) in [5.41, 5.74) is 7.07. The van der Waals surface area contributed by atoms with E-state index in [-0.39, 0.29) is 17.2 Å². The minimum atomic E-state index is -0.0993. The van der Waals surface area contributed by atoms with Crippen LogP contribution in [-0.4, -0.2) is 43.9 Å². The topological polar surface area (TPSA) is 61.4 Å². The fourth-order valence-electron chi connectivity index (χ4n) is 3.72. The summed E-state index contributed by atoms with van der Waals surface area (Å²) >= 11 is 0. The average molecular weight is 424 g/mol. The predicted molar refractivity (Wildman–Crippen MR) is 127 cm³/mol. The maximum absolute atomic E-state index is 12.4. The molecule has 0 radical (unpaired) electrons. The first-order valence-corrected chi connectivity index (χ1v) is 10.9. The van der Waals surface area contributed by atoms with Gasteiger partial charge < -0.3 is 10.6 Å². The third kappa shape index (κ3) is 7.21. The summed E-state index contributed by atoms with van der Waals surface area (Å²) in [5, 5.41) is 5.66. The van der Waals surface area contributed by atoms with Gasteiger partial charge in [-0.05, 0) is 72.7 Å². The van der Waals surface area contributed by atoms with E-state index in [1.54, 1.807) is 19.2 Å².